The van der Waals surface area contributed by atoms with E-state index in [9.17, 15) is 0 Å². The smallest absolute Gasteiger partial charge is 0.0444 e. The topological polar surface area (TPSA) is 3.24 Å². The van der Waals surface area contributed by atoms with Crippen LogP contribution in [0, 0.1) is 6.92 Å². The summed E-state index contributed by atoms with van der Waals surface area (Å²) in [4.78, 5) is 2.27. The van der Waals surface area contributed by atoms with E-state index in [-0.39, 0.29) is 0 Å². The van der Waals surface area contributed by atoms with Crippen LogP contribution >= 0.6 is 0 Å². The predicted octanol–water partition coefficient (Wildman–Crippen LogP) is 7.97. The first-order valence-corrected chi connectivity index (χ1v) is 10.6. The molecule has 0 bridgehead atoms. The zero-order valence-electron chi connectivity index (χ0n) is 18.8. The van der Waals surface area contributed by atoms with E-state index < -0.39 is 0 Å². The second-order valence-corrected chi connectivity index (χ2v) is 6.27. The van der Waals surface area contributed by atoms with Crippen LogP contribution in [-0.2, 0) is 12.8 Å². The number of anilines is 2. The van der Waals surface area contributed by atoms with E-state index in [1.807, 2.05) is 27.7 Å². The van der Waals surface area contributed by atoms with Gasteiger partial charge in [-0.1, -0.05) is 95.3 Å². The van der Waals surface area contributed by atoms with Crippen molar-refractivity contribution in [1.29, 1.82) is 0 Å². The molecular formula is C27H37N. The highest BCUT2D eigenvalue weighted by Crippen LogP contribution is 2.36. The predicted molar refractivity (Wildman–Crippen MR) is 127 cm³/mol. The highest BCUT2D eigenvalue weighted by molar-refractivity contribution is 5.73. The molecule has 0 spiro atoms. The fourth-order valence-electron chi connectivity index (χ4n) is 3.32. The van der Waals surface area contributed by atoms with Gasteiger partial charge in [0, 0.05) is 24.8 Å². The first kappa shape index (κ1) is 23.5. The maximum absolute atomic E-state index is 2.27. The summed E-state index contributed by atoms with van der Waals surface area (Å²) in [5.41, 5.74) is 8.35. The van der Waals surface area contributed by atoms with Crippen molar-refractivity contribution >= 4 is 11.4 Å². The molecule has 1 heteroatoms. The number of nitrogens with zero attached hydrogens (tertiary/aromatic N) is 1. The molecule has 150 valence electrons. The molecule has 4 rings (SSSR count). The lowest BCUT2D eigenvalue weighted by molar-refractivity contribution is 1.06. The summed E-state index contributed by atoms with van der Waals surface area (Å²) >= 11 is 0. The molecule has 1 nitrogen and oxygen atoms in total. The van der Waals surface area contributed by atoms with Gasteiger partial charge in [0.05, 0.1) is 0 Å². The molecule has 28 heavy (non-hydrogen) atoms. The van der Waals surface area contributed by atoms with Crippen LogP contribution in [0.15, 0.2) is 72.8 Å². The van der Waals surface area contributed by atoms with Gasteiger partial charge in [0.2, 0.25) is 0 Å². The fraction of sp³-hybridized carbons (Fsp3) is 0.333. The minimum absolute atomic E-state index is 1.05. The number of hydrogen-bond donors (Lipinski definition) is 0. The quantitative estimate of drug-likeness (QED) is 0.417. The van der Waals surface area contributed by atoms with E-state index in [1.165, 1.54) is 33.6 Å². The van der Waals surface area contributed by atoms with Gasteiger partial charge in [-0.15, -0.1) is 0 Å². The van der Waals surface area contributed by atoms with Crippen LogP contribution in [0.4, 0.5) is 11.4 Å². The van der Waals surface area contributed by atoms with Crippen molar-refractivity contribution in [2.24, 2.45) is 0 Å². The van der Waals surface area contributed by atoms with Crippen molar-refractivity contribution < 1.29 is 0 Å². The Morgan fingerprint density at radius 2 is 1.11 bits per heavy atom. The number of para-hydroxylation sites is 2. The molecule has 0 amide bonds. The van der Waals surface area contributed by atoms with Crippen LogP contribution in [0.1, 0.15) is 56.9 Å². The molecular weight excluding hydrogens is 338 g/mol. The summed E-state index contributed by atoms with van der Waals surface area (Å²) in [6, 6.07) is 25.7. The number of fused-ring (bicyclic) bond motifs is 2. The highest BCUT2D eigenvalue weighted by Gasteiger charge is 2.17. The molecule has 0 aromatic heterocycles. The third-order valence-corrected chi connectivity index (χ3v) is 4.73. The zero-order chi connectivity index (χ0) is 20.9. The van der Waals surface area contributed by atoms with Gasteiger partial charge in [0.1, 0.15) is 0 Å². The SMILES string of the molecule is CC.CC.CCc1ccccc1C.CN1c2ccccc2Cc2ccccc21. The third-order valence-electron chi connectivity index (χ3n) is 4.73. The normalized spacial score (nSPS) is 10.6. The van der Waals surface area contributed by atoms with Gasteiger partial charge in [-0.2, -0.15) is 0 Å². The van der Waals surface area contributed by atoms with Crippen LogP contribution in [0.25, 0.3) is 0 Å². The van der Waals surface area contributed by atoms with Gasteiger partial charge < -0.3 is 4.90 Å². The van der Waals surface area contributed by atoms with Crippen LogP contribution in [0.2, 0.25) is 0 Å². The van der Waals surface area contributed by atoms with E-state index in [2.05, 4.69) is 98.6 Å². The first-order valence-electron chi connectivity index (χ1n) is 10.6. The molecule has 0 unspecified atom stereocenters. The van der Waals surface area contributed by atoms with Crippen LogP contribution in [0.5, 0.6) is 0 Å². The average Bonchev–Trinajstić information content (AvgIpc) is 2.78. The third kappa shape index (κ3) is 5.99. The average molecular weight is 376 g/mol. The highest BCUT2D eigenvalue weighted by atomic mass is 15.1. The second kappa shape index (κ2) is 12.8. The molecule has 0 atom stereocenters. The molecule has 0 aliphatic carbocycles. The standard InChI is InChI=1S/C14H13N.C9H12.2C2H6/c1-15-13-8-4-2-6-11(13)10-12-7-3-5-9-14(12)15;1-3-9-7-5-4-6-8(9)2;2*1-2/h2-9H,10H2,1H3;4-7H,3H2,1-2H3;2*1-2H3. The van der Waals surface area contributed by atoms with Crippen molar-refractivity contribution in [3.8, 4) is 0 Å². The van der Waals surface area contributed by atoms with Crippen LogP contribution in [-0.4, -0.2) is 7.05 Å². The number of rotatable bonds is 1. The Morgan fingerprint density at radius 1 is 0.679 bits per heavy atom. The van der Waals surface area contributed by atoms with Crippen LogP contribution in [0.3, 0.4) is 0 Å². The molecule has 0 saturated heterocycles. The van der Waals surface area contributed by atoms with Crippen molar-refractivity contribution in [2.75, 3.05) is 11.9 Å². The number of benzene rings is 3. The first-order chi connectivity index (χ1) is 13.7. The number of aryl methyl sites for hydroxylation is 2. The monoisotopic (exact) mass is 375 g/mol. The lowest BCUT2D eigenvalue weighted by Gasteiger charge is -2.29. The molecule has 1 aliphatic heterocycles. The molecule has 0 fully saturated rings. The van der Waals surface area contributed by atoms with Gasteiger partial charge in [-0.25, -0.2) is 0 Å². The van der Waals surface area contributed by atoms with Gasteiger partial charge in [-0.05, 0) is 47.7 Å². The van der Waals surface area contributed by atoms with Crippen LogP contribution < -0.4 is 4.90 Å². The lowest BCUT2D eigenvalue weighted by Crippen LogP contribution is -2.18. The molecule has 1 aliphatic rings. The van der Waals surface area contributed by atoms with E-state index >= 15 is 0 Å². The lowest BCUT2D eigenvalue weighted by atomic mass is 9.96. The van der Waals surface area contributed by atoms with Gasteiger partial charge in [-0.3, -0.25) is 0 Å². The van der Waals surface area contributed by atoms with Gasteiger partial charge in [0.25, 0.3) is 0 Å². The van der Waals surface area contributed by atoms with E-state index in [4.69, 9.17) is 0 Å². The summed E-state index contributed by atoms with van der Waals surface area (Å²) in [5.74, 6) is 0. The summed E-state index contributed by atoms with van der Waals surface area (Å²) in [7, 11) is 2.14. The molecule has 0 saturated carbocycles. The number of hydrogen-bond acceptors (Lipinski definition) is 1. The molecule has 3 aromatic rings. The van der Waals surface area contributed by atoms with Gasteiger partial charge in [0.15, 0.2) is 0 Å². The van der Waals surface area contributed by atoms with Gasteiger partial charge >= 0.3 is 0 Å². The summed E-state index contributed by atoms with van der Waals surface area (Å²) in [6.07, 6.45) is 2.20. The maximum Gasteiger partial charge on any atom is 0.0444 e. The molecule has 0 radical (unpaired) electrons. The summed E-state index contributed by atoms with van der Waals surface area (Å²) < 4.78 is 0. The Kier molecular flexibility index (Phi) is 10.7. The fourth-order valence-corrected chi connectivity index (χ4v) is 3.32. The Morgan fingerprint density at radius 3 is 1.54 bits per heavy atom. The largest absolute Gasteiger partial charge is 0.344 e. The second-order valence-electron chi connectivity index (χ2n) is 6.27. The Labute approximate surface area is 173 Å². The molecule has 0 N–H and O–H groups in total. The maximum atomic E-state index is 2.27. The minimum atomic E-state index is 1.05. The van der Waals surface area contributed by atoms with E-state index in [0.717, 1.165) is 12.8 Å². The van der Waals surface area contributed by atoms with Crippen molar-refractivity contribution in [1.82, 2.24) is 0 Å². The zero-order valence-corrected chi connectivity index (χ0v) is 18.8. The Hall–Kier alpha value is -2.54. The van der Waals surface area contributed by atoms with Crippen molar-refractivity contribution in [3.63, 3.8) is 0 Å². The van der Waals surface area contributed by atoms with Crippen molar-refractivity contribution in [3.05, 3.63) is 95.1 Å². The van der Waals surface area contributed by atoms with Crippen molar-refractivity contribution in [2.45, 2.75) is 54.4 Å². The Bertz CT molecular complexity index is 774. The molecule has 1 heterocycles. The summed E-state index contributed by atoms with van der Waals surface area (Å²) in [6.45, 7) is 12.3. The summed E-state index contributed by atoms with van der Waals surface area (Å²) in [5, 5.41) is 0. The van der Waals surface area contributed by atoms with E-state index in [0.29, 0.717) is 0 Å². The van der Waals surface area contributed by atoms with E-state index in [1.54, 1.807) is 0 Å². The molecule has 3 aromatic carbocycles. The minimum Gasteiger partial charge on any atom is -0.344 e. The Balaban J connectivity index is 0.000000260.